The molecule has 1 saturated heterocycles. The monoisotopic (exact) mass is 361 g/mol. The Morgan fingerprint density at radius 2 is 1.81 bits per heavy atom. The fraction of sp³-hybridized carbons (Fsp3) is 0.600. The van der Waals surface area contributed by atoms with Crippen LogP contribution in [0.3, 0.4) is 0 Å². The largest absolute Gasteiger partial charge is 0.493 e. The lowest BCUT2D eigenvalue weighted by Gasteiger charge is -2.20. The third kappa shape index (κ3) is 3.79. The summed E-state index contributed by atoms with van der Waals surface area (Å²) < 4.78 is 16.6. The lowest BCUT2D eigenvalue weighted by molar-refractivity contribution is -0.145. The molecule has 6 nitrogen and oxygen atoms in total. The molecule has 0 N–H and O–H groups in total. The van der Waals surface area contributed by atoms with Crippen molar-refractivity contribution in [3.05, 3.63) is 23.8 Å². The van der Waals surface area contributed by atoms with Crippen LogP contribution in [0.25, 0.3) is 0 Å². The molecule has 142 valence electrons. The maximum Gasteiger partial charge on any atom is 0.311 e. The number of esters is 1. The molecule has 0 radical (unpaired) electrons. The highest BCUT2D eigenvalue weighted by Gasteiger charge is 2.40. The number of hydrogen-bond acceptors (Lipinski definition) is 5. The highest BCUT2D eigenvalue weighted by molar-refractivity contribution is 5.79. The van der Waals surface area contributed by atoms with E-state index in [1.807, 2.05) is 18.2 Å². The number of nitrogens with zero attached hydrogens (tertiary/aromatic N) is 1. The van der Waals surface area contributed by atoms with E-state index in [-0.39, 0.29) is 29.8 Å². The summed E-state index contributed by atoms with van der Waals surface area (Å²) >= 11 is 0. The molecule has 1 aliphatic carbocycles. The van der Waals surface area contributed by atoms with Crippen LogP contribution in [0.15, 0.2) is 18.2 Å². The van der Waals surface area contributed by atoms with Crippen LogP contribution in [0.5, 0.6) is 11.5 Å². The van der Waals surface area contributed by atoms with Crippen molar-refractivity contribution in [2.75, 3.05) is 27.3 Å². The molecule has 2 aliphatic rings. The standard InChI is InChI=1S/C20H27NO5/c1-13(22)21-11-16(17(12-21)20(23)25-3)14-8-9-18(24-2)19(10-14)26-15-6-4-5-7-15/h8-10,15-17H,4-7,11-12H2,1-3H3/t16-,17+/m1/s1. The number of methoxy groups -OCH3 is 2. The molecule has 3 rings (SSSR count). The second kappa shape index (κ2) is 7.98. The fourth-order valence-electron chi connectivity index (χ4n) is 3.99. The predicted molar refractivity (Wildman–Crippen MR) is 96.4 cm³/mol. The van der Waals surface area contributed by atoms with Crippen LogP contribution in [0.4, 0.5) is 0 Å². The van der Waals surface area contributed by atoms with Crippen LogP contribution in [0.2, 0.25) is 0 Å². The minimum Gasteiger partial charge on any atom is -0.493 e. The van der Waals surface area contributed by atoms with Gasteiger partial charge in [-0.3, -0.25) is 9.59 Å². The summed E-state index contributed by atoms with van der Waals surface area (Å²) in [6.45, 7) is 2.42. The van der Waals surface area contributed by atoms with Gasteiger partial charge in [-0.15, -0.1) is 0 Å². The van der Waals surface area contributed by atoms with Gasteiger partial charge in [0.1, 0.15) is 0 Å². The summed E-state index contributed by atoms with van der Waals surface area (Å²) in [4.78, 5) is 25.7. The lowest BCUT2D eigenvalue weighted by atomic mass is 9.89. The number of likely N-dealkylation sites (tertiary alicyclic amines) is 1. The highest BCUT2D eigenvalue weighted by atomic mass is 16.5. The number of carbonyl (C=O) groups excluding carboxylic acids is 2. The molecule has 1 aliphatic heterocycles. The van der Waals surface area contributed by atoms with Gasteiger partial charge in [-0.1, -0.05) is 6.07 Å². The Morgan fingerprint density at radius 3 is 2.42 bits per heavy atom. The van der Waals surface area contributed by atoms with Gasteiger partial charge in [-0.2, -0.15) is 0 Å². The molecule has 0 aromatic heterocycles. The third-order valence-electron chi connectivity index (χ3n) is 5.48. The SMILES string of the molecule is COC(=O)[C@H]1CN(C(C)=O)C[C@@H]1c1ccc(OC)c(OC2CCCC2)c1. The molecule has 0 spiro atoms. The van der Waals surface area contributed by atoms with E-state index >= 15 is 0 Å². The van der Waals surface area contributed by atoms with Crippen LogP contribution < -0.4 is 9.47 Å². The molecule has 0 bridgehead atoms. The smallest absolute Gasteiger partial charge is 0.311 e. The first-order valence-corrected chi connectivity index (χ1v) is 9.21. The molecule has 0 unspecified atom stereocenters. The summed E-state index contributed by atoms with van der Waals surface area (Å²) in [7, 11) is 3.01. The van der Waals surface area contributed by atoms with E-state index in [0.717, 1.165) is 18.4 Å². The first-order chi connectivity index (χ1) is 12.5. The van der Waals surface area contributed by atoms with Gasteiger partial charge >= 0.3 is 5.97 Å². The van der Waals surface area contributed by atoms with Crippen molar-refractivity contribution in [2.45, 2.75) is 44.6 Å². The molecule has 1 aromatic rings. The first kappa shape index (κ1) is 18.5. The highest BCUT2D eigenvalue weighted by Crippen LogP contribution is 2.39. The fourth-order valence-corrected chi connectivity index (χ4v) is 3.99. The van der Waals surface area contributed by atoms with Gasteiger partial charge in [-0.25, -0.2) is 0 Å². The summed E-state index contributed by atoms with van der Waals surface area (Å²) in [5, 5.41) is 0. The van der Waals surface area contributed by atoms with Crippen LogP contribution in [0.1, 0.15) is 44.1 Å². The van der Waals surface area contributed by atoms with E-state index in [0.29, 0.717) is 24.6 Å². The Labute approximate surface area is 154 Å². The molecule has 1 aromatic carbocycles. The van der Waals surface area contributed by atoms with Crippen molar-refractivity contribution >= 4 is 11.9 Å². The van der Waals surface area contributed by atoms with Crippen molar-refractivity contribution in [2.24, 2.45) is 5.92 Å². The Balaban J connectivity index is 1.88. The topological polar surface area (TPSA) is 65.1 Å². The molecular weight excluding hydrogens is 334 g/mol. The van der Waals surface area contributed by atoms with Gasteiger partial charge in [0, 0.05) is 25.9 Å². The number of rotatable bonds is 5. The predicted octanol–water partition coefficient (Wildman–Crippen LogP) is 2.75. The molecule has 26 heavy (non-hydrogen) atoms. The Hall–Kier alpha value is -2.24. The number of benzene rings is 1. The van der Waals surface area contributed by atoms with Gasteiger partial charge in [0.25, 0.3) is 0 Å². The molecule has 2 atom stereocenters. The third-order valence-corrected chi connectivity index (χ3v) is 5.48. The number of ether oxygens (including phenoxy) is 3. The Bertz CT molecular complexity index is 668. The Morgan fingerprint density at radius 1 is 1.08 bits per heavy atom. The van der Waals surface area contributed by atoms with Crippen LogP contribution in [-0.4, -0.2) is 50.2 Å². The minimum absolute atomic E-state index is 0.0302. The zero-order valence-electron chi connectivity index (χ0n) is 15.7. The van der Waals surface area contributed by atoms with E-state index in [1.54, 1.807) is 12.0 Å². The van der Waals surface area contributed by atoms with Gasteiger partial charge in [-0.05, 0) is 43.4 Å². The molecule has 1 amide bonds. The number of hydrogen-bond donors (Lipinski definition) is 0. The maximum atomic E-state index is 12.2. The van der Waals surface area contributed by atoms with E-state index in [9.17, 15) is 9.59 Å². The number of carbonyl (C=O) groups is 2. The average Bonchev–Trinajstić information content (AvgIpc) is 3.30. The average molecular weight is 361 g/mol. The second-order valence-electron chi connectivity index (χ2n) is 7.09. The Kier molecular flexibility index (Phi) is 5.69. The molecule has 1 heterocycles. The zero-order chi connectivity index (χ0) is 18.7. The molecule has 2 fully saturated rings. The van der Waals surface area contributed by atoms with Crippen LogP contribution in [-0.2, 0) is 14.3 Å². The van der Waals surface area contributed by atoms with Crippen molar-refractivity contribution in [3.63, 3.8) is 0 Å². The molecule has 6 heteroatoms. The van der Waals surface area contributed by atoms with Crippen molar-refractivity contribution in [1.29, 1.82) is 0 Å². The minimum atomic E-state index is -0.364. The normalized spacial score (nSPS) is 23.1. The summed E-state index contributed by atoms with van der Waals surface area (Å²) in [6, 6.07) is 5.79. The van der Waals surface area contributed by atoms with Crippen molar-refractivity contribution in [1.82, 2.24) is 4.90 Å². The van der Waals surface area contributed by atoms with E-state index < -0.39 is 0 Å². The van der Waals surface area contributed by atoms with Crippen molar-refractivity contribution in [3.8, 4) is 11.5 Å². The van der Waals surface area contributed by atoms with Gasteiger partial charge in [0.2, 0.25) is 5.91 Å². The van der Waals surface area contributed by atoms with E-state index in [4.69, 9.17) is 14.2 Å². The first-order valence-electron chi connectivity index (χ1n) is 9.21. The van der Waals surface area contributed by atoms with Crippen LogP contribution >= 0.6 is 0 Å². The quantitative estimate of drug-likeness (QED) is 0.755. The number of amides is 1. The molecule has 1 saturated carbocycles. The van der Waals surface area contributed by atoms with Crippen molar-refractivity contribution < 1.29 is 23.8 Å². The second-order valence-corrected chi connectivity index (χ2v) is 7.09. The summed E-state index contributed by atoms with van der Waals surface area (Å²) in [6.07, 6.45) is 4.70. The van der Waals surface area contributed by atoms with Gasteiger partial charge in [0.15, 0.2) is 11.5 Å². The lowest BCUT2D eigenvalue weighted by Crippen LogP contribution is -2.27. The van der Waals surface area contributed by atoms with E-state index in [2.05, 4.69) is 0 Å². The summed E-state index contributed by atoms with van der Waals surface area (Å²) in [5.41, 5.74) is 0.970. The van der Waals surface area contributed by atoms with Gasteiger partial charge in [0.05, 0.1) is 26.2 Å². The zero-order valence-corrected chi connectivity index (χ0v) is 15.7. The molecular formula is C20H27NO5. The maximum absolute atomic E-state index is 12.2. The van der Waals surface area contributed by atoms with Crippen LogP contribution in [0, 0.1) is 5.92 Å². The summed E-state index contributed by atoms with van der Waals surface area (Å²) in [5.74, 6) is 0.614. The van der Waals surface area contributed by atoms with Gasteiger partial charge < -0.3 is 19.1 Å². The van der Waals surface area contributed by atoms with E-state index in [1.165, 1.54) is 26.9 Å².